The molecule has 2 radical (unpaired) electrons. The molecule has 0 spiro atoms. The molecule has 2 N–H and O–H groups in total. The van der Waals surface area contributed by atoms with E-state index in [1.807, 2.05) is 37.3 Å². The number of aryl methyl sites for hydroxylation is 1. The van der Waals surface area contributed by atoms with Gasteiger partial charge in [-0.2, -0.15) is 0 Å². The second-order valence-corrected chi connectivity index (χ2v) is 7.92. The number of benzene rings is 3. The molecule has 1 aromatic heterocycles. The molecule has 0 atom stereocenters. The van der Waals surface area contributed by atoms with E-state index in [1.165, 1.54) is 18.2 Å². The number of ether oxygens (including phenoxy) is 1. The molecule has 3 aromatic carbocycles. The maximum Gasteiger partial charge on any atom is 0.197 e. The van der Waals surface area contributed by atoms with E-state index in [1.54, 1.807) is 6.07 Å². The number of carbonyl (C=O) groups is 1. The Morgan fingerprint density at radius 3 is 2.55 bits per heavy atom. The van der Waals surface area contributed by atoms with Crippen LogP contribution in [0.2, 0.25) is 0 Å². The van der Waals surface area contributed by atoms with E-state index >= 15 is 0 Å². The quantitative estimate of drug-likeness (QED) is 0.309. The van der Waals surface area contributed by atoms with Crippen LogP contribution in [-0.2, 0) is 13.0 Å². The normalized spacial score (nSPS) is 11.0. The lowest BCUT2D eigenvalue weighted by molar-refractivity contribution is 0.103. The van der Waals surface area contributed by atoms with Gasteiger partial charge in [-0.05, 0) is 33.6 Å². The molecule has 0 saturated carbocycles. The fourth-order valence-electron chi connectivity index (χ4n) is 3.41. The van der Waals surface area contributed by atoms with Gasteiger partial charge in [0.1, 0.15) is 31.5 Å². The third-order valence-electron chi connectivity index (χ3n) is 4.98. The van der Waals surface area contributed by atoms with Crippen molar-refractivity contribution in [2.75, 3.05) is 0 Å². The Balaban J connectivity index is 1.74. The molecular weight excluding hydrogens is 459 g/mol. The van der Waals surface area contributed by atoms with Crippen LogP contribution in [0.5, 0.6) is 17.2 Å². The Bertz CT molecular complexity index is 1260. The lowest BCUT2D eigenvalue weighted by Gasteiger charge is -2.09. The van der Waals surface area contributed by atoms with Crippen LogP contribution in [0.3, 0.4) is 0 Å². The summed E-state index contributed by atoms with van der Waals surface area (Å²) in [7, 11) is 5.81. The average molecular weight is 477 g/mol. The Morgan fingerprint density at radius 1 is 1.13 bits per heavy atom. The highest BCUT2D eigenvalue weighted by Crippen LogP contribution is 2.37. The van der Waals surface area contributed by atoms with Gasteiger partial charge in [-0.25, -0.2) is 0 Å². The maximum absolute atomic E-state index is 13.3. The van der Waals surface area contributed by atoms with Gasteiger partial charge in [-0.15, -0.1) is 0 Å². The maximum atomic E-state index is 13.3. The predicted molar refractivity (Wildman–Crippen MR) is 123 cm³/mol. The number of rotatable bonds is 6. The first-order valence-electron chi connectivity index (χ1n) is 9.66. The fourth-order valence-corrected chi connectivity index (χ4v) is 3.88. The van der Waals surface area contributed by atoms with Crippen LogP contribution >= 0.6 is 15.9 Å². The van der Waals surface area contributed by atoms with Gasteiger partial charge in [0.2, 0.25) is 0 Å². The van der Waals surface area contributed by atoms with E-state index in [2.05, 4.69) is 15.9 Å². The van der Waals surface area contributed by atoms with E-state index in [0.717, 1.165) is 5.56 Å². The molecule has 0 unspecified atom stereocenters. The molecule has 31 heavy (non-hydrogen) atoms. The summed E-state index contributed by atoms with van der Waals surface area (Å²) in [5.74, 6) is 0.223. The first-order valence-corrected chi connectivity index (χ1v) is 10.5. The molecule has 0 amide bonds. The monoisotopic (exact) mass is 476 g/mol. The van der Waals surface area contributed by atoms with Crippen LogP contribution in [-0.4, -0.2) is 23.8 Å². The van der Waals surface area contributed by atoms with E-state index in [9.17, 15) is 15.0 Å². The molecule has 0 aliphatic heterocycles. The highest BCUT2D eigenvalue weighted by atomic mass is 79.9. The minimum absolute atomic E-state index is 0.0861. The number of hydrogen-bond donors (Lipinski definition) is 2. The van der Waals surface area contributed by atoms with E-state index < -0.39 is 0 Å². The minimum Gasteiger partial charge on any atom is -0.507 e. The summed E-state index contributed by atoms with van der Waals surface area (Å²) in [6, 6.07) is 15.6. The van der Waals surface area contributed by atoms with Crippen LogP contribution in [0.15, 0.2) is 63.5 Å². The summed E-state index contributed by atoms with van der Waals surface area (Å²) in [6.45, 7) is 2.16. The van der Waals surface area contributed by atoms with Gasteiger partial charge in [-0.1, -0.05) is 48.8 Å². The van der Waals surface area contributed by atoms with Crippen molar-refractivity contribution in [2.45, 2.75) is 20.0 Å². The summed E-state index contributed by atoms with van der Waals surface area (Å²) >= 11 is 3.21. The van der Waals surface area contributed by atoms with E-state index in [-0.39, 0.29) is 35.1 Å². The standard InChI is InChI=1S/C24H18BBrO5/c1-2-19-22(23(28)14-8-16(25)24(29)17(26)9-14)15-10-18(27)21(11-20(15)31-19)30-12-13-6-4-3-5-7-13/h3-11,27,29H,2,12H2,1H3. The number of phenols is 2. The van der Waals surface area contributed by atoms with Crippen LogP contribution in [0.25, 0.3) is 11.0 Å². The third-order valence-corrected chi connectivity index (χ3v) is 5.59. The second-order valence-electron chi connectivity index (χ2n) is 7.07. The van der Waals surface area contributed by atoms with Crippen LogP contribution in [0.4, 0.5) is 0 Å². The first-order chi connectivity index (χ1) is 14.9. The smallest absolute Gasteiger partial charge is 0.197 e. The summed E-state index contributed by atoms with van der Waals surface area (Å²) in [5.41, 5.74) is 2.12. The number of fused-ring (bicyclic) bond motifs is 1. The number of carbonyl (C=O) groups excluding carboxylic acids is 1. The van der Waals surface area contributed by atoms with Gasteiger partial charge >= 0.3 is 0 Å². The molecule has 1 heterocycles. The number of furan rings is 1. The molecule has 0 aliphatic rings. The molecule has 0 bridgehead atoms. The number of phenolic OH excluding ortho intramolecular Hbond substituents is 2. The van der Waals surface area contributed by atoms with Crippen molar-refractivity contribution in [2.24, 2.45) is 0 Å². The van der Waals surface area contributed by atoms with Crippen molar-refractivity contribution in [1.82, 2.24) is 0 Å². The average Bonchev–Trinajstić information content (AvgIpc) is 3.12. The Hall–Kier alpha value is -3.19. The molecule has 4 aromatic rings. The number of aromatic hydroxyl groups is 2. The summed E-state index contributed by atoms with van der Waals surface area (Å²) in [5, 5.41) is 20.9. The number of halogens is 1. The van der Waals surface area contributed by atoms with Gasteiger partial charge in [-0.3, -0.25) is 4.79 Å². The fraction of sp³-hybridized carbons (Fsp3) is 0.125. The topological polar surface area (TPSA) is 79.9 Å². The molecule has 5 nitrogen and oxygen atoms in total. The number of hydrogen-bond acceptors (Lipinski definition) is 5. The van der Waals surface area contributed by atoms with Crippen molar-refractivity contribution >= 4 is 46.0 Å². The van der Waals surface area contributed by atoms with E-state index in [4.69, 9.17) is 17.0 Å². The molecule has 154 valence electrons. The predicted octanol–water partition coefficient (Wildman–Crippen LogP) is 4.77. The molecule has 0 fully saturated rings. The van der Waals surface area contributed by atoms with Crippen molar-refractivity contribution in [3.05, 3.63) is 81.5 Å². The Morgan fingerprint density at radius 2 is 1.87 bits per heavy atom. The number of ketones is 1. The van der Waals surface area contributed by atoms with Crippen LogP contribution in [0, 0.1) is 0 Å². The lowest BCUT2D eigenvalue weighted by Crippen LogP contribution is -2.10. The summed E-state index contributed by atoms with van der Waals surface area (Å²) in [6.07, 6.45) is 0.478. The summed E-state index contributed by atoms with van der Waals surface area (Å²) in [4.78, 5) is 13.3. The minimum atomic E-state index is -0.319. The van der Waals surface area contributed by atoms with Gasteiger partial charge < -0.3 is 19.4 Å². The van der Waals surface area contributed by atoms with Crippen molar-refractivity contribution in [3.63, 3.8) is 0 Å². The lowest BCUT2D eigenvalue weighted by atomic mass is 9.90. The largest absolute Gasteiger partial charge is 0.507 e. The molecule has 0 saturated heterocycles. The Labute approximate surface area is 188 Å². The molecule has 4 rings (SSSR count). The molecular formula is C24H18BBrO5. The van der Waals surface area contributed by atoms with Crippen LogP contribution < -0.4 is 10.2 Å². The zero-order valence-corrected chi connectivity index (χ0v) is 18.3. The molecule has 0 aliphatic carbocycles. The SMILES string of the molecule is [B]c1cc(C(=O)c2c(CC)oc3cc(OCc4ccccc4)c(O)cc23)cc(Br)c1O. The zero-order valence-electron chi connectivity index (χ0n) is 16.7. The van der Waals surface area contributed by atoms with Crippen molar-refractivity contribution < 1.29 is 24.2 Å². The van der Waals surface area contributed by atoms with Gasteiger partial charge in [0, 0.05) is 23.4 Å². The highest BCUT2D eigenvalue weighted by Gasteiger charge is 2.24. The van der Waals surface area contributed by atoms with Crippen molar-refractivity contribution in [3.8, 4) is 17.2 Å². The first kappa shape index (κ1) is 21.1. The Kier molecular flexibility index (Phi) is 5.78. The highest BCUT2D eigenvalue weighted by molar-refractivity contribution is 9.10. The zero-order chi connectivity index (χ0) is 22.1. The van der Waals surface area contributed by atoms with Gasteiger partial charge in [0.15, 0.2) is 17.3 Å². The van der Waals surface area contributed by atoms with Gasteiger partial charge in [0.05, 0.1) is 10.0 Å². The van der Waals surface area contributed by atoms with Crippen LogP contribution in [0.1, 0.15) is 34.2 Å². The molecule has 7 heteroatoms. The van der Waals surface area contributed by atoms with Crippen molar-refractivity contribution in [1.29, 1.82) is 0 Å². The third kappa shape index (κ3) is 4.05. The van der Waals surface area contributed by atoms with E-state index in [0.29, 0.717) is 38.7 Å². The van der Waals surface area contributed by atoms with Gasteiger partial charge in [0.25, 0.3) is 0 Å². The summed E-state index contributed by atoms with van der Waals surface area (Å²) < 4.78 is 12.0. The second kappa shape index (κ2) is 8.51.